The van der Waals surface area contributed by atoms with E-state index < -0.39 is 5.97 Å². The third-order valence-corrected chi connectivity index (χ3v) is 6.36. The van der Waals surface area contributed by atoms with Gasteiger partial charge in [-0.3, -0.25) is 9.59 Å². The smallest absolute Gasteiger partial charge is 0.376 e. The van der Waals surface area contributed by atoms with E-state index in [-0.39, 0.29) is 39.7 Å². The van der Waals surface area contributed by atoms with Gasteiger partial charge < -0.3 is 14.6 Å². The molecule has 12 heteroatoms. The summed E-state index contributed by atoms with van der Waals surface area (Å²) < 4.78 is 5.96. The predicted molar refractivity (Wildman–Crippen MR) is 124 cm³/mol. The number of ether oxygens (including phenoxy) is 1. The highest BCUT2D eigenvalue weighted by atomic mass is 35.5. The summed E-state index contributed by atoms with van der Waals surface area (Å²) in [6, 6.07) is 4.44. The summed E-state index contributed by atoms with van der Waals surface area (Å²) in [6.45, 7) is 2.03. The first-order valence-electron chi connectivity index (χ1n) is 9.75. The lowest BCUT2D eigenvalue weighted by atomic mass is 9.98. The number of amides is 1. The number of carbonyl (C=O) groups is 2. The molecule has 0 fully saturated rings. The van der Waals surface area contributed by atoms with E-state index >= 15 is 0 Å². The van der Waals surface area contributed by atoms with Gasteiger partial charge in [0.1, 0.15) is 0 Å². The second-order valence-corrected chi connectivity index (χ2v) is 8.60. The van der Waals surface area contributed by atoms with Crippen LogP contribution in [-0.2, 0) is 17.7 Å². The van der Waals surface area contributed by atoms with Gasteiger partial charge in [0, 0.05) is 22.9 Å². The maximum absolute atomic E-state index is 13.3. The molecule has 4 rings (SSSR count). The van der Waals surface area contributed by atoms with Crippen molar-refractivity contribution in [3.8, 4) is 5.69 Å². The van der Waals surface area contributed by atoms with Crippen molar-refractivity contribution in [2.24, 2.45) is 0 Å². The molecule has 0 radical (unpaired) electrons. The molecule has 2 aromatic heterocycles. The maximum atomic E-state index is 13.3. The van der Waals surface area contributed by atoms with Gasteiger partial charge in [-0.05, 0) is 43.8 Å². The molecule has 0 unspecified atom stereocenters. The summed E-state index contributed by atoms with van der Waals surface area (Å²) in [5, 5.41) is 0.647. The zero-order valence-electron chi connectivity index (χ0n) is 17.5. The number of aromatic amines is 1. The largest absolute Gasteiger partial charge is 0.463 e. The lowest BCUT2D eigenvalue weighted by molar-refractivity contribution is 0.0585. The van der Waals surface area contributed by atoms with Crippen molar-refractivity contribution in [2.75, 3.05) is 7.11 Å². The molecule has 1 N–H and O–H groups in total. The number of benzene rings is 1. The Hall–Kier alpha value is -3.08. The van der Waals surface area contributed by atoms with Crippen molar-refractivity contribution in [1.82, 2.24) is 24.4 Å². The number of esters is 1. The number of rotatable bonds is 3. The van der Waals surface area contributed by atoms with Crippen LogP contribution in [0.25, 0.3) is 5.69 Å². The second-order valence-electron chi connectivity index (χ2n) is 7.40. The molecule has 1 amide bonds. The van der Waals surface area contributed by atoms with E-state index in [9.17, 15) is 14.4 Å². The maximum Gasteiger partial charge on any atom is 0.376 e. The molecule has 1 aliphatic heterocycles. The van der Waals surface area contributed by atoms with Crippen molar-refractivity contribution < 1.29 is 14.3 Å². The Morgan fingerprint density at radius 1 is 1.21 bits per heavy atom. The molecule has 9 nitrogen and oxygen atoms in total. The van der Waals surface area contributed by atoms with Gasteiger partial charge in [-0.15, -0.1) is 0 Å². The van der Waals surface area contributed by atoms with Gasteiger partial charge in [0.2, 0.25) is 5.82 Å². The van der Waals surface area contributed by atoms with Crippen molar-refractivity contribution in [2.45, 2.75) is 25.9 Å². The van der Waals surface area contributed by atoms with Crippen molar-refractivity contribution >= 4 is 47.3 Å². The number of H-pyrrole nitrogens is 1. The molecule has 33 heavy (non-hydrogen) atoms. The van der Waals surface area contributed by atoms with Crippen LogP contribution in [-0.4, -0.2) is 49.4 Å². The van der Waals surface area contributed by atoms with Crippen molar-refractivity contribution in [3.63, 3.8) is 0 Å². The normalized spacial score (nSPS) is 15.2. The summed E-state index contributed by atoms with van der Waals surface area (Å²) >= 11 is 17.4. The molecule has 1 aliphatic rings. The number of carbonyl (C=O) groups excluding carboxylic acids is 2. The molecule has 1 aromatic carbocycles. The van der Waals surface area contributed by atoms with Gasteiger partial charge in [-0.1, -0.05) is 23.2 Å². The molecule has 0 saturated heterocycles. The van der Waals surface area contributed by atoms with E-state index in [0.717, 1.165) is 0 Å². The monoisotopic (exact) mass is 505 g/mol. The number of nitrogens with one attached hydrogen (secondary N) is 1. The minimum absolute atomic E-state index is 0.115. The van der Waals surface area contributed by atoms with Crippen LogP contribution in [0.5, 0.6) is 0 Å². The fourth-order valence-electron chi connectivity index (χ4n) is 3.63. The SMILES string of the molecule is COC(=O)c1ncc(-n2c(=S)[nH]c3c(c2=O)C[C@@H](C)N(C(=O)c2ccc(Cl)c(Cl)c2)C3)cn1. The molecule has 3 heterocycles. The zero-order chi connectivity index (χ0) is 23.9. The molecule has 0 saturated carbocycles. The Kier molecular flexibility index (Phi) is 6.33. The second kappa shape index (κ2) is 9.05. The molecule has 3 aromatic rings. The average Bonchev–Trinajstić information content (AvgIpc) is 2.80. The lowest BCUT2D eigenvalue weighted by Gasteiger charge is -2.34. The van der Waals surface area contributed by atoms with Crippen LogP contribution in [0.2, 0.25) is 10.0 Å². The number of nitrogens with zero attached hydrogens (tertiary/aromatic N) is 4. The van der Waals surface area contributed by atoms with E-state index in [1.807, 2.05) is 6.92 Å². The van der Waals surface area contributed by atoms with Crippen molar-refractivity contribution in [3.05, 3.63) is 78.4 Å². The quantitative estimate of drug-likeness (QED) is 0.429. The van der Waals surface area contributed by atoms with E-state index in [0.29, 0.717) is 34.0 Å². The van der Waals surface area contributed by atoms with Crippen LogP contribution < -0.4 is 5.56 Å². The third-order valence-electron chi connectivity index (χ3n) is 5.34. The first-order valence-corrected chi connectivity index (χ1v) is 10.9. The highest BCUT2D eigenvalue weighted by Crippen LogP contribution is 2.26. The first-order chi connectivity index (χ1) is 15.7. The fraction of sp³-hybridized carbons (Fsp3) is 0.238. The Balaban J connectivity index is 1.69. The Morgan fingerprint density at radius 2 is 1.91 bits per heavy atom. The van der Waals surface area contributed by atoms with Gasteiger partial charge in [-0.25, -0.2) is 19.3 Å². The summed E-state index contributed by atoms with van der Waals surface area (Å²) in [7, 11) is 1.22. The summed E-state index contributed by atoms with van der Waals surface area (Å²) in [6.07, 6.45) is 2.96. The summed E-state index contributed by atoms with van der Waals surface area (Å²) in [4.78, 5) is 50.5. The van der Waals surface area contributed by atoms with E-state index in [1.165, 1.54) is 30.1 Å². The molecule has 0 aliphatic carbocycles. The summed E-state index contributed by atoms with van der Waals surface area (Å²) in [5.74, 6) is -1.06. The molecule has 0 spiro atoms. The molecule has 0 bridgehead atoms. The van der Waals surface area contributed by atoms with Crippen molar-refractivity contribution in [1.29, 1.82) is 0 Å². The molecular weight excluding hydrogens is 489 g/mol. The van der Waals surface area contributed by atoms with Crippen LogP contribution in [0.4, 0.5) is 0 Å². The number of methoxy groups -OCH3 is 1. The Labute approximate surface area is 203 Å². The van der Waals surface area contributed by atoms with Crippen LogP contribution >= 0.6 is 35.4 Å². The standard InChI is InChI=1S/C21H17Cl2N5O4S/c1-10-5-13-16(9-27(10)18(29)11-3-4-14(22)15(23)6-11)26-21(33)28(19(13)30)12-7-24-17(25-8-12)20(31)32-2/h3-4,6-8,10H,5,9H2,1-2H3,(H,26,33)/t10-/m1/s1. The zero-order valence-corrected chi connectivity index (χ0v) is 19.8. The minimum Gasteiger partial charge on any atom is -0.463 e. The third kappa shape index (κ3) is 4.29. The van der Waals surface area contributed by atoms with E-state index in [2.05, 4.69) is 19.7 Å². The number of hydrogen-bond donors (Lipinski definition) is 1. The van der Waals surface area contributed by atoms with Crippen LogP contribution in [0.3, 0.4) is 0 Å². The van der Waals surface area contributed by atoms with Gasteiger partial charge in [0.15, 0.2) is 4.77 Å². The summed E-state index contributed by atoms with van der Waals surface area (Å²) in [5.41, 5.74) is 1.43. The van der Waals surface area contributed by atoms with Gasteiger partial charge in [0.05, 0.1) is 41.8 Å². The molecular formula is C21H17Cl2N5O4S. The number of fused-ring (bicyclic) bond motifs is 1. The number of halogens is 2. The van der Waals surface area contributed by atoms with Gasteiger partial charge in [-0.2, -0.15) is 0 Å². The fourth-order valence-corrected chi connectivity index (χ4v) is 4.24. The van der Waals surface area contributed by atoms with Gasteiger partial charge in [0.25, 0.3) is 11.5 Å². The molecule has 170 valence electrons. The number of aromatic nitrogens is 4. The van der Waals surface area contributed by atoms with E-state index in [1.54, 1.807) is 17.0 Å². The predicted octanol–water partition coefficient (Wildman–Crippen LogP) is 3.37. The Bertz CT molecular complexity index is 1390. The average molecular weight is 506 g/mol. The molecule has 1 atom stereocenters. The highest BCUT2D eigenvalue weighted by Gasteiger charge is 2.31. The topological polar surface area (TPSA) is 110 Å². The van der Waals surface area contributed by atoms with Crippen LogP contribution in [0.15, 0.2) is 35.4 Å². The van der Waals surface area contributed by atoms with Crippen LogP contribution in [0, 0.1) is 4.77 Å². The lowest BCUT2D eigenvalue weighted by Crippen LogP contribution is -2.45. The number of hydrogen-bond acceptors (Lipinski definition) is 7. The first kappa shape index (κ1) is 23.1. The highest BCUT2D eigenvalue weighted by molar-refractivity contribution is 7.71. The van der Waals surface area contributed by atoms with Crippen LogP contribution in [0.1, 0.15) is 39.2 Å². The van der Waals surface area contributed by atoms with E-state index in [4.69, 9.17) is 35.4 Å². The minimum atomic E-state index is -0.690. The van der Waals surface area contributed by atoms with Gasteiger partial charge >= 0.3 is 5.97 Å². The Morgan fingerprint density at radius 3 is 2.55 bits per heavy atom.